The van der Waals surface area contributed by atoms with E-state index in [1.807, 2.05) is 37.3 Å². The molecule has 0 bridgehead atoms. The average molecular weight is 484 g/mol. The molecule has 0 spiro atoms. The molecule has 4 rings (SSSR count). The van der Waals surface area contributed by atoms with E-state index in [0.717, 1.165) is 29.7 Å². The van der Waals surface area contributed by atoms with Crippen molar-refractivity contribution in [2.24, 2.45) is 5.92 Å². The van der Waals surface area contributed by atoms with E-state index >= 15 is 0 Å². The van der Waals surface area contributed by atoms with Gasteiger partial charge in [-0.25, -0.2) is 8.42 Å². The number of hydrogen-bond acceptors (Lipinski definition) is 4. The summed E-state index contributed by atoms with van der Waals surface area (Å²) in [6, 6.07) is 13.4. The predicted octanol–water partition coefficient (Wildman–Crippen LogP) is 3.13. The van der Waals surface area contributed by atoms with Gasteiger partial charge in [-0.15, -0.1) is 0 Å². The van der Waals surface area contributed by atoms with Gasteiger partial charge in [0, 0.05) is 31.7 Å². The van der Waals surface area contributed by atoms with E-state index in [4.69, 9.17) is 0 Å². The maximum atomic E-state index is 13.4. The topological polar surface area (TPSA) is 86.8 Å². The lowest BCUT2D eigenvalue weighted by Crippen LogP contribution is -2.51. The normalized spacial score (nSPS) is 19.7. The summed E-state index contributed by atoms with van der Waals surface area (Å²) in [5, 5.41) is 0. The largest absolute Gasteiger partial charge is 0.341 e. The lowest BCUT2D eigenvalue weighted by atomic mass is 9.98. The number of anilines is 1. The number of carbonyl (C=O) groups is 2. The Morgan fingerprint density at radius 3 is 2.38 bits per heavy atom. The predicted molar refractivity (Wildman–Crippen MR) is 132 cm³/mol. The number of benzene rings is 2. The molecule has 0 saturated carbocycles. The van der Waals surface area contributed by atoms with Crippen LogP contribution in [0.4, 0.5) is 5.69 Å². The molecule has 7 nitrogen and oxygen atoms in total. The molecule has 2 aromatic rings. The van der Waals surface area contributed by atoms with Crippen LogP contribution < -0.4 is 9.62 Å². The van der Waals surface area contributed by atoms with Crippen molar-refractivity contribution in [3.63, 3.8) is 0 Å². The second-order valence-corrected chi connectivity index (χ2v) is 11.3. The monoisotopic (exact) mass is 483 g/mol. The molecule has 2 atom stereocenters. The first-order valence-corrected chi connectivity index (χ1v) is 13.4. The molecular formula is C26H33N3O4S. The number of sulfonamides is 1. The highest BCUT2D eigenvalue weighted by Gasteiger charge is 2.33. The zero-order chi connectivity index (χ0) is 24.5. The van der Waals surface area contributed by atoms with Crippen molar-refractivity contribution < 1.29 is 18.0 Å². The van der Waals surface area contributed by atoms with Crippen LogP contribution in [0.3, 0.4) is 0 Å². The highest BCUT2D eigenvalue weighted by atomic mass is 32.2. The van der Waals surface area contributed by atoms with Gasteiger partial charge in [-0.2, -0.15) is 4.72 Å². The van der Waals surface area contributed by atoms with Crippen molar-refractivity contribution in [3.8, 4) is 0 Å². The highest BCUT2D eigenvalue weighted by Crippen LogP contribution is 2.34. The minimum Gasteiger partial charge on any atom is -0.341 e. The number of hydrogen-bond donors (Lipinski definition) is 1. The second kappa shape index (κ2) is 9.88. The number of piperidine rings is 1. The lowest BCUT2D eigenvalue weighted by Gasteiger charge is -2.33. The quantitative estimate of drug-likeness (QED) is 0.684. The van der Waals surface area contributed by atoms with Crippen molar-refractivity contribution in [3.05, 3.63) is 59.7 Å². The Morgan fingerprint density at radius 1 is 1.06 bits per heavy atom. The van der Waals surface area contributed by atoms with E-state index in [1.54, 1.807) is 21.9 Å². The summed E-state index contributed by atoms with van der Waals surface area (Å²) in [6.45, 7) is 6.92. The van der Waals surface area contributed by atoms with Gasteiger partial charge >= 0.3 is 0 Å². The first kappa shape index (κ1) is 24.4. The van der Waals surface area contributed by atoms with Gasteiger partial charge in [0.25, 0.3) is 0 Å². The van der Waals surface area contributed by atoms with Gasteiger partial charge < -0.3 is 9.80 Å². The molecule has 2 amide bonds. The third kappa shape index (κ3) is 5.18. The number of fused-ring (bicyclic) bond motifs is 1. The molecule has 1 saturated heterocycles. The molecule has 0 aromatic heterocycles. The molecule has 2 heterocycles. The van der Waals surface area contributed by atoms with Crippen LogP contribution in [0.25, 0.3) is 0 Å². The molecular weight excluding hydrogens is 450 g/mol. The van der Waals surface area contributed by atoms with E-state index in [0.29, 0.717) is 25.4 Å². The van der Waals surface area contributed by atoms with Gasteiger partial charge in [-0.3, -0.25) is 9.59 Å². The highest BCUT2D eigenvalue weighted by molar-refractivity contribution is 7.89. The minimum absolute atomic E-state index is 0.0210. The Morgan fingerprint density at radius 2 is 1.74 bits per heavy atom. The zero-order valence-electron chi connectivity index (χ0n) is 20.0. The van der Waals surface area contributed by atoms with Crippen LogP contribution in [0.1, 0.15) is 44.7 Å². The van der Waals surface area contributed by atoms with E-state index in [1.165, 1.54) is 13.0 Å². The fraction of sp³-hybridized carbons (Fsp3) is 0.462. The fourth-order valence-corrected chi connectivity index (χ4v) is 6.23. The second-order valence-electron chi connectivity index (χ2n) is 9.60. The Labute approximate surface area is 202 Å². The number of nitrogens with zero attached hydrogens (tertiary/aromatic N) is 2. The number of nitrogens with one attached hydrogen (secondary N) is 1. The van der Waals surface area contributed by atoms with Crippen molar-refractivity contribution in [1.29, 1.82) is 0 Å². The molecule has 1 fully saturated rings. The number of carbonyl (C=O) groups excluding carboxylic acids is 2. The van der Waals surface area contributed by atoms with Crippen LogP contribution in [0.15, 0.2) is 53.4 Å². The van der Waals surface area contributed by atoms with E-state index in [2.05, 4.69) is 11.6 Å². The smallest absolute Gasteiger partial charge is 0.241 e. The Balaban J connectivity index is 1.59. The first-order chi connectivity index (χ1) is 16.2. The van der Waals surface area contributed by atoms with E-state index in [-0.39, 0.29) is 29.2 Å². The molecule has 182 valence electrons. The van der Waals surface area contributed by atoms with Gasteiger partial charge in [0.2, 0.25) is 21.8 Å². The summed E-state index contributed by atoms with van der Waals surface area (Å²) in [5.74, 6) is 0.318. The zero-order valence-corrected chi connectivity index (χ0v) is 20.8. The van der Waals surface area contributed by atoms with Crippen LogP contribution in [0.5, 0.6) is 0 Å². The molecule has 0 aliphatic carbocycles. The van der Waals surface area contributed by atoms with Crippen LogP contribution in [-0.4, -0.2) is 50.3 Å². The lowest BCUT2D eigenvalue weighted by molar-refractivity contribution is -0.134. The van der Waals surface area contributed by atoms with Crippen LogP contribution in [-0.2, 0) is 32.5 Å². The van der Waals surface area contributed by atoms with E-state index in [9.17, 15) is 18.0 Å². The molecule has 2 aromatic carbocycles. The maximum absolute atomic E-state index is 13.4. The first-order valence-electron chi connectivity index (χ1n) is 11.9. The van der Waals surface area contributed by atoms with Crippen molar-refractivity contribution in [1.82, 2.24) is 9.62 Å². The van der Waals surface area contributed by atoms with Crippen LogP contribution >= 0.6 is 0 Å². The number of rotatable bonds is 6. The summed E-state index contributed by atoms with van der Waals surface area (Å²) in [6.07, 6.45) is 2.72. The standard InChI is InChI=1S/C26H33N3O4S/c1-18-11-13-28(14-12-18)26(31)24(16-21-7-5-4-6-8-21)27-34(32,33)23-9-10-25-22(17-23)15-19(2)29(25)20(3)30/h4-10,17-19,24,27H,11-16H2,1-3H3/t19-,24+/m0/s1. The summed E-state index contributed by atoms with van der Waals surface area (Å²) in [5.41, 5.74) is 2.47. The fourth-order valence-electron chi connectivity index (χ4n) is 4.99. The minimum atomic E-state index is -3.95. The van der Waals surface area contributed by atoms with Gasteiger partial charge in [-0.05, 0) is 67.9 Å². The number of amides is 2. The third-order valence-corrected chi connectivity index (χ3v) is 8.36. The molecule has 2 aliphatic rings. The van der Waals surface area contributed by atoms with Crippen molar-refractivity contribution in [2.45, 2.75) is 63.4 Å². The molecule has 34 heavy (non-hydrogen) atoms. The van der Waals surface area contributed by atoms with Gasteiger partial charge in [-0.1, -0.05) is 37.3 Å². The maximum Gasteiger partial charge on any atom is 0.241 e. The van der Waals surface area contributed by atoms with Crippen molar-refractivity contribution in [2.75, 3.05) is 18.0 Å². The summed E-state index contributed by atoms with van der Waals surface area (Å²) < 4.78 is 29.5. The van der Waals surface area contributed by atoms with Crippen LogP contribution in [0, 0.1) is 5.92 Å². The molecule has 0 unspecified atom stereocenters. The molecule has 1 N–H and O–H groups in total. The molecule has 0 radical (unpaired) electrons. The SMILES string of the molecule is CC(=O)N1c2ccc(S(=O)(=O)N[C@H](Cc3ccccc3)C(=O)N3CCC(C)CC3)cc2C[C@@H]1C. The average Bonchev–Trinajstić information content (AvgIpc) is 3.14. The molecule has 2 aliphatic heterocycles. The van der Waals surface area contributed by atoms with Crippen molar-refractivity contribution >= 4 is 27.5 Å². The Kier molecular flexibility index (Phi) is 7.09. The van der Waals surface area contributed by atoms with Gasteiger partial charge in [0.1, 0.15) is 6.04 Å². The molecule has 8 heteroatoms. The van der Waals surface area contributed by atoms with Crippen LogP contribution in [0.2, 0.25) is 0 Å². The summed E-state index contributed by atoms with van der Waals surface area (Å²) in [7, 11) is -3.95. The number of likely N-dealkylation sites (tertiary alicyclic amines) is 1. The third-order valence-electron chi connectivity index (χ3n) is 6.89. The van der Waals surface area contributed by atoms with E-state index < -0.39 is 16.1 Å². The van der Waals surface area contributed by atoms with Gasteiger partial charge in [0.05, 0.1) is 4.90 Å². The summed E-state index contributed by atoms with van der Waals surface area (Å²) >= 11 is 0. The van der Waals surface area contributed by atoms with Gasteiger partial charge in [0.15, 0.2) is 0 Å². The summed E-state index contributed by atoms with van der Waals surface area (Å²) in [4.78, 5) is 29.0. The Bertz CT molecular complexity index is 1160. The Hall–Kier alpha value is -2.71.